The van der Waals surface area contributed by atoms with E-state index in [4.69, 9.17) is 4.74 Å². The summed E-state index contributed by atoms with van der Waals surface area (Å²) in [5, 5.41) is 2.44. The van der Waals surface area contributed by atoms with Crippen molar-refractivity contribution in [3.05, 3.63) is 0 Å². The lowest BCUT2D eigenvalue weighted by Crippen LogP contribution is -2.42. The number of Topliss-reactive ketones (excluding diaryl/α,β-unsaturated/α-hetero) is 1. The molecule has 0 aromatic carbocycles. The minimum absolute atomic E-state index is 0.187. The molecule has 0 aliphatic carbocycles. The summed E-state index contributed by atoms with van der Waals surface area (Å²) in [5.74, 6) is -0.187. The number of aldehydes is 1. The second-order valence-corrected chi connectivity index (χ2v) is 4.55. The summed E-state index contributed by atoms with van der Waals surface area (Å²) in [6.07, 6.45) is 0.615. The third kappa shape index (κ3) is 6.98. The molecule has 0 heterocycles. The van der Waals surface area contributed by atoms with Crippen LogP contribution in [0.4, 0.5) is 4.79 Å². The van der Waals surface area contributed by atoms with Crippen LogP contribution in [0.15, 0.2) is 0 Å². The maximum atomic E-state index is 11.4. The fraction of sp³-hybridized carbons (Fsp3) is 0.727. The first-order valence-corrected chi connectivity index (χ1v) is 5.20. The van der Waals surface area contributed by atoms with Crippen LogP contribution >= 0.6 is 0 Å². The molecule has 0 aliphatic rings. The Morgan fingerprint density at radius 3 is 2.31 bits per heavy atom. The van der Waals surface area contributed by atoms with Gasteiger partial charge in [-0.25, -0.2) is 4.79 Å². The van der Waals surface area contributed by atoms with Crippen LogP contribution in [0, 0.1) is 0 Å². The predicted molar refractivity (Wildman–Crippen MR) is 59.1 cm³/mol. The first kappa shape index (κ1) is 14.6. The van der Waals surface area contributed by atoms with Crippen LogP contribution in [0.3, 0.4) is 0 Å². The number of ether oxygens (including phenoxy) is 1. The molecule has 92 valence electrons. The van der Waals surface area contributed by atoms with Gasteiger partial charge in [0.05, 0.1) is 6.04 Å². The monoisotopic (exact) mass is 229 g/mol. The van der Waals surface area contributed by atoms with Gasteiger partial charge in [-0.15, -0.1) is 0 Å². The van der Waals surface area contributed by atoms with Gasteiger partial charge in [0, 0.05) is 6.42 Å². The van der Waals surface area contributed by atoms with Gasteiger partial charge in [-0.3, -0.25) is 4.79 Å². The molecule has 5 nitrogen and oxygen atoms in total. The standard InChI is InChI=1S/C11H19NO4/c1-8(14)9(6-5-7-13)12-10(15)16-11(2,3)4/h7,9H,5-6H2,1-4H3,(H,12,15)/t9-/m0/s1. The number of carbonyl (C=O) groups excluding carboxylic acids is 3. The topological polar surface area (TPSA) is 72.5 Å². The van der Waals surface area contributed by atoms with Crippen molar-refractivity contribution in [3.8, 4) is 0 Å². The van der Waals surface area contributed by atoms with Gasteiger partial charge in [0.2, 0.25) is 0 Å². The zero-order chi connectivity index (χ0) is 12.8. The van der Waals surface area contributed by atoms with E-state index in [1.54, 1.807) is 20.8 Å². The van der Waals surface area contributed by atoms with E-state index in [1.807, 2.05) is 0 Å². The number of nitrogens with one attached hydrogen (secondary N) is 1. The predicted octanol–water partition coefficient (Wildman–Crippen LogP) is 1.45. The molecule has 0 rings (SSSR count). The van der Waals surface area contributed by atoms with Gasteiger partial charge in [-0.2, -0.15) is 0 Å². The van der Waals surface area contributed by atoms with Crippen molar-refractivity contribution in [1.29, 1.82) is 0 Å². The summed E-state index contributed by atoms with van der Waals surface area (Å²) < 4.78 is 5.01. The summed E-state index contributed by atoms with van der Waals surface area (Å²) in [4.78, 5) is 32.7. The average Bonchev–Trinajstić information content (AvgIpc) is 2.08. The lowest BCUT2D eigenvalue weighted by atomic mass is 10.1. The maximum Gasteiger partial charge on any atom is 0.408 e. The molecular weight excluding hydrogens is 210 g/mol. The molecule has 0 spiro atoms. The van der Waals surface area contributed by atoms with Crippen molar-refractivity contribution in [3.63, 3.8) is 0 Å². The Kier molecular flexibility index (Phi) is 5.71. The summed E-state index contributed by atoms with van der Waals surface area (Å²) in [6, 6.07) is -0.653. The Hall–Kier alpha value is -1.39. The molecule has 5 heteroatoms. The molecule has 0 saturated heterocycles. The number of amides is 1. The Morgan fingerprint density at radius 2 is 1.94 bits per heavy atom. The maximum absolute atomic E-state index is 11.4. The number of hydrogen-bond donors (Lipinski definition) is 1. The van der Waals surface area contributed by atoms with Crippen LogP contribution in [0.25, 0.3) is 0 Å². The highest BCUT2D eigenvalue weighted by Crippen LogP contribution is 2.07. The average molecular weight is 229 g/mol. The molecule has 0 aliphatic heterocycles. The van der Waals surface area contributed by atoms with Gasteiger partial charge in [0.1, 0.15) is 11.9 Å². The van der Waals surface area contributed by atoms with E-state index < -0.39 is 17.7 Å². The summed E-state index contributed by atoms with van der Waals surface area (Å²) in [6.45, 7) is 6.58. The van der Waals surface area contributed by atoms with E-state index in [-0.39, 0.29) is 12.2 Å². The van der Waals surface area contributed by atoms with E-state index in [1.165, 1.54) is 6.92 Å². The van der Waals surface area contributed by atoms with Crippen molar-refractivity contribution in [2.45, 2.75) is 52.2 Å². The largest absolute Gasteiger partial charge is 0.444 e. The Labute approximate surface area is 95.5 Å². The lowest BCUT2D eigenvalue weighted by Gasteiger charge is -2.22. The quantitative estimate of drug-likeness (QED) is 0.724. The Morgan fingerprint density at radius 1 is 1.38 bits per heavy atom. The van der Waals surface area contributed by atoms with Gasteiger partial charge in [0.25, 0.3) is 0 Å². The normalized spacial score (nSPS) is 12.8. The minimum Gasteiger partial charge on any atom is -0.444 e. The van der Waals surface area contributed by atoms with Gasteiger partial charge >= 0.3 is 6.09 Å². The molecule has 0 aromatic heterocycles. The molecule has 0 unspecified atom stereocenters. The third-order valence-corrected chi connectivity index (χ3v) is 1.75. The first-order valence-electron chi connectivity index (χ1n) is 5.20. The summed E-state index contributed by atoms with van der Waals surface area (Å²) in [7, 11) is 0. The fourth-order valence-corrected chi connectivity index (χ4v) is 1.06. The van der Waals surface area contributed by atoms with Crippen molar-refractivity contribution >= 4 is 18.2 Å². The number of rotatable bonds is 5. The van der Waals surface area contributed by atoms with Crippen LogP contribution in [0.1, 0.15) is 40.5 Å². The fourth-order valence-electron chi connectivity index (χ4n) is 1.06. The molecule has 0 aromatic rings. The molecule has 0 fully saturated rings. The highest BCUT2D eigenvalue weighted by atomic mass is 16.6. The smallest absolute Gasteiger partial charge is 0.408 e. The summed E-state index contributed by atoms with van der Waals surface area (Å²) >= 11 is 0. The highest BCUT2D eigenvalue weighted by molar-refractivity contribution is 5.85. The van der Waals surface area contributed by atoms with E-state index in [2.05, 4.69) is 5.32 Å². The third-order valence-electron chi connectivity index (χ3n) is 1.75. The molecular formula is C11H19NO4. The van der Waals surface area contributed by atoms with Crippen molar-refractivity contribution < 1.29 is 19.1 Å². The number of carbonyl (C=O) groups is 3. The second kappa shape index (κ2) is 6.25. The lowest BCUT2D eigenvalue weighted by molar-refractivity contribution is -0.119. The van der Waals surface area contributed by atoms with Crippen LogP contribution in [-0.4, -0.2) is 29.8 Å². The molecule has 0 bridgehead atoms. The molecule has 0 radical (unpaired) electrons. The zero-order valence-electron chi connectivity index (χ0n) is 10.2. The van der Waals surface area contributed by atoms with E-state index >= 15 is 0 Å². The molecule has 1 atom stereocenters. The van der Waals surface area contributed by atoms with Crippen LogP contribution in [-0.2, 0) is 14.3 Å². The van der Waals surface area contributed by atoms with Gasteiger partial charge in [0.15, 0.2) is 5.78 Å². The van der Waals surface area contributed by atoms with Crippen molar-refractivity contribution in [2.24, 2.45) is 0 Å². The van der Waals surface area contributed by atoms with Crippen molar-refractivity contribution in [1.82, 2.24) is 5.32 Å². The van der Waals surface area contributed by atoms with E-state index in [0.717, 1.165) is 0 Å². The Bertz CT molecular complexity index is 268. The van der Waals surface area contributed by atoms with Gasteiger partial charge in [-0.1, -0.05) is 0 Å². The van der Waals surface area contributed by atoms with E-state index in [9.17, 15) is 14.4 Å². The van der Waals surface area contributed by atoms with Crippen LogP contribution in [0.5, 0.6) is 0 Å². The zero-order valence-corrected chi connectivity index (χ0v) is 10.2. The second-order valence-electron chi connectivity index (χ2n) is 4.55. The van der Waals surface area contributed by atoms with E-state index in [0.29, 0.717) is 12.7 Å². The molecule has 1 N–H and O–H groups in total. The van der Waals surface area contributed by atoms with Gasteiger partial charge in [-0.05, 0) is 34.1 Å². The van der Waals surface area contributed by atoms with Crippen LogP contribution < -0.4 is 5.32 Å². The number of alkyl carbamates (subject to hydrolysis) is 1. The molecule has 0 saturated carbocycles. The number of ketones is 1. The first-order chi connectivity index (χ1) is 7.26. The van der Waals surface area contributed by atoms with Crippen molar-refractivity contribution in [2.75, 3.05) is 0 Å². The summed E-state index contributed by atoms with van der Waals surface area (Å²) in [5.41, 5.74) is -0.601. The SMILES string of the molecule is CC(=O)[C@H](CCC=O)NC(=O)OC(C)(C)C. The highest BCUT2D eigenvalue weighted by Gasteiger charge is 2.21. The van der Waals surface area contributed by atoms with Gasteiger partial charge < -0.3 is 14.8 Å². The Balaban J connectivity index is 4.23. The minimum atomic E-state index is -0.653. The van der Waals surface area contributed by atoms with Crippen LogP contribution in [0.2, 0.25) is 0 Å². The number of hydrogen-bond acceptors (Lipinski definition) is 4. The molecule has 16 heavy (non-hydrogen) atoms. The molecule has 1 amide bonds.